The van der Waals surface area contributed by atoms with Crippen LogP contribution in [0, 0.1) is 0 Å². The van der Waals surface area contributed by atoms with Crippen molar-refractivity contribution in [3.05, 3.63) is 58.9 Å². The second kappa shape index (κ2) is 5.89. The number of rotatable bonds is 4. The van der Waals surface area contributed by atoms with Gasteiger partial charge in [0.15, 0.2) is 0 Å². The molecule has 0 saturated carbocycles. The number of hydrogen-bond acceptors (Lipinski definition) is 3. The Bertz CT molecular complexity index is 574. The third-order valence-corrected chi connectivity index (χ3v) is 3.79. The summed E-state index contributed by atoms with van der Waals surface area (Å²) >= 11 is 7.57. The van der Waals surface area contributed by atoms with E-state index in [2.05, 4.69) is 4.98 Å². The summed E-state index contributed by atoms with van der Waals surface area (Å²) in [5, 5.41) is 9.54. The fraction of sp³-hybridized carbons (Fsp3) is 0.0769. The number of benzene rings is 1. The molecule has 0 fully saturated rings. The summed E-state index contributed by atoms with van der Waals surface area (Å²) in [6.45, 7) is 0. The van der Waals surface area contributed by atoms with Gasteiger partial charge in [-0.3, -0.25) is 0 Å². The molecule has 3 nitrogen and oxygen atoms in total. The van der Waals surface area contributed by atoms with E-state index in [1.807, 2.05) is 24.3 Å². The maximum Gasteiger partial charge on any atom is 0.354 e. The Balaban J connectivity index is 2.09. The van der Waals surface area contributed by atoms with Crippen LogP contribution in [0.25, 0.3) is 0 Å². The van der Waals surface area contributed by atoms with E-state index in [1.165, 1.54) is 17.8 Å². The summed E-state index contributed by atoms with van der Waals surface area (Å²) in [5.41, 5.74) is 0.784. The molecule has 0 atom stereocenters. The minimum absolute atomic E-state index is 0.0623. The molecule has 1 N–H and O–H groups in total. The molecule has 92 valence electrons. The average Bonchev–Trinajstić information content (AvgIpc) is 2.38. The van der Waals surface area contributed by atoms with Gasteiger partial charge in [0.1, 0.15) is 5.69 Å². The van der Waals surface area contributed by atoms with Crippen molar-refractivity contribution in [2.45, 2.75) is 10.6 Å². The van der Waals surface area contributed by atoms with Crippen LogP contribution >= 0.6 is 23.4 Å². The van der Waals surface area contributed by atoms with Crippen LogP contribution in [0.3, 0.4) is 0 Å². The fourth-order valence-corrected chi connectivity index (χ4v) is 2.54. The van der Waals surface area contributed by atoms with Gasteiger partial charge < -0.3 is 5.11 Å². The van der Waals surface area contributed by atoms with Crippen molar-refractivity contribution < 1.29 is 9.90 Å². The van der Waals surface area contributed by atoms with Crippen LogP contribution in [0.1, 0.15) is 16.2 Å². The van der Waals surface area contributed by atoms with E-state index in [9.17, 15) is 4.79 Å². The Hall–Kier alpha value is -1.52. The second-order valence-corrected chi connectivity index (χ2v) is 4.96. The normalized spacial score (nSPS) is 10.3. The number of pyridine rings is 1. The van der Waals surface area contributed by atoms with Gasteiger partial charge in [-0.15, -0.1) is 11.8 Å². The maximum absolute atomic E-state index is 10.8. The Labute approximate surface area is 114 Å². The lowest BCUT2D eigenvalue weighted by atomic mass is 10.3. The van der Waals surface area contributed by atoms with Crippen molar-refractivity contribution in [1.29, 1.82) is 0 Å². The summed E-state index contributed by atoms with van der Waals surface area (Å²) < 4.78 is 0. The summed E-state index contributed by atoms with van der Waals surface area (Å²) in [7, 11) is 0. The minimum atomic E-state index is -1.01. The van der Waals surface area contributed by atoms with E-state index < -0.39 is 5.97 Å². The third-order valence-electron chi connectivity index (χ3n) is 2.24. The van der Waals surface area contributed by atoms with Gasteiger partial charge >= 0.3 is 5.97 Å². The summed E-state index contributed by atoms with van der Waals surface area (Å²) in [5.74, 6) is -0.426. The molecule has 1 heterocycles. The van der Waals surface area contributed by atoms with Crippen LogP contribution in [-0.4, -0.2) is 16.1 Å². The molecule has 0 aliphatic carbocycles. The summed E-state index contributed by atoms with van der Waals surface area (Å²) in [6, 6.07) is 12.5. The first kappa shape index (κ1) is 12.9. The number of aromatic carboxylic acids is 1. The Kier molecular flexibility index (Phi) is 4.23. The number of carbonyl (C=O) groups is 1. The summed E-state index contributed by atoms with van der Waals surface area (Å²) in [4.78, 5) is 15.8. The van der Waals surface area contributed by atoms with Crippen LogP contribution in [0.5, 0.6) is 0 Å². The zero-order valence-corrected chi connectivity index (χ0v) is 10.9. The van der Waals surface area contributed by atoms with Crippen molar-refractivity contribution in [2.75, 3.05) is 0 Å². The molecule has 0 saturated heterocycles. The number of hydrogen-bond donors (Lipinski definition) is 1. The van der Waals surface area contributed by atoms with Crippen molar-refractivity contribution in [3.63, 3.8) is 0 Å². The molecule has 0 radical (unpaired) electrons. The molecule has 2 rings (SSSR count). The van der Waals surface area contributed by atoms with Crippen LogP contribution in [0.2, 0.25) is 5.02 Å². The second-order valence-electron chi connectivity index (χ2n) is 3.54. The maximum atomic E-state index is 10.8. The monoisotopic (exact) mass is 279 g/mol. The van der Waals surface area contributed by atoms with Gasteiger partial charge in [0.2, 0.25) is 0 Å². The molecular formula is C13H10ClNO2S. The molecule has 1 aromatic carbocycles. The minimum Gasteiger partial charge on any atom is -0.477 e. The highest BCUT2D eigenvalue weighted by Gasteiger charge is 2.06. The predicted octanol–water partition coefficient (Wildman–Crippen LogP) is 3.73. The first-order chi connectivity index (χ1) is 8.66. The fourth-order valence-electron chi connectivity index (χ4n) is 1.39. The van der Waals surface area contributed by atoms with E-state index >= 15 is 0 Å². The highest BCUT2D eigenvalue weighted by Crippen LogP contribution is 2.28. The Morgan fingerprint density at radius 2 is 2.00 bits per heavy atom. The van der Waals surface area contributed by atoms with Crippen molar-refractivity contribution >= 4 is 29.3 Å². The molecule has 0 bridgehead atoms. The lowest BCUT2D eigenvalue weighted by Gasteiger charge is -2.04. The first-order valence-corrected chi connectivity index (χ1v) is 6.60. The predicted molar refractivity (Wildman–Crippen MR) is 72.2 cm³/mol. The topological polar surface area (TPSA) is 50.2 Å². The third kappa shape index (κ3) is 3.24. The molecule has 18 heavy (non-hydrogen) atoms. The molecule has 0 amide bonds. The van der Waals surface area contributed by atoms with Crippen molar-refractivity contribution in [1.82, 2.24) is 4.98 Å². The SMILES string of the molecule is O=C(O)c1cccc(CSc2ccccc2Cl)n1. The smallest absolute Gasteiger partial charge is 0.354 e. The van der Waals surface area contributed by atoms with Gasteiger partial charge in [0.05, 0.1) is 10.7 Å². The zero-order chi connectivity index (χ0) is 13.0. The van der Waals surface area contributed by atoms with Gasteiger partial charge in [-0.2, -0.15) is 0 Å². The quantitative estimate of drug-likeness (QED) is 0.867. The highest BCUT2D eigenvalue weighted by molar-refractivity contribution is 7.98. The highest BCUT2D eigenvalue weighted by atomic mass is 35.5. The molecule has 0 spiro atoms. The lowest BCUT2D eigenvalue weighted by Crippen LogP contribution is -2.01. The van der Waals surface area contributed by atoms with E-state index in [0.29, 0.717) is 10.8 Å². The Morgan fingerprint density at radius 3 is 2.72 bits per heavy atom. The van der Waals surface area contributed by atoms with Crippen molar-refractivity contribution in [3.8, 4) is 0 Å². The lowest BCUT2D eigenvalue weighted by molar-refractivity contribution is 0.0690. The van der Waals surface area contributed by atoms with Crippen LogP contribution in [-0.2, 0) is 5.75 Å². The van der Waals surface area contributed by atoms with Gasteiger partial charge in [-0.1, -0.05) is 29.8 Å². The van der Waals surface area contributed by atoms with E-state index in [4.69, 9.17) is 16.7 Å². The van der Waals surface area contributed by atoms with E-state index in [-0.39, 0.29) is 5.69 Å². The molecule has 2 aromatic rings. The number of halogens is 1. The van der Waals surface area contributed by atoms with Gasteiger partial charge in [-0.05, 0) is 24.3 Å². The van der Waals surface area contributed by atoms with Crippen LogP contribution < -0.4 is 0 Å². The molecular weight excluding hydrogens is 270 g/mol. The zero-order valence-electron chi connectivity index (χ0n) is 9.34. The summed E-state index contributed by atoms with van der Waals surface area (Å²) in [6.07, 6.45) is 0. The number of nitrogens with zero attached hydrogens (tertiary/aromatic N) is 1. The molecule has 5 heteroatoms. The first-order valence-electron chi connectivity index (χ1n) is 5.23. The number of carboxylic acids is 1. The largest absolute Gasteiger partial charge is 0.477 e. The van der Waals surface area contributed by atoms with E-state index in [1.54, 1.807) is 12.1 Å². The van der Waals surface area contributed by atoms with Gasteiger partial charge in [-0.25, -0.2) is 9.78 Å². The molecule has 1 aromatic heterocycles. The molecule has 0 aliphatic rings. The number of thioether (sulfide) groups is 1. The van der Waals surface area contributed by atoms with E-state index in [0.717, 1.165) is 10.6 Å². The molecule has 0 unspecified atom stereocenters. The Morgan fingerprint density at radius 1 is 1.22 bits per heavy atom. The molecule has 0 aliphatic heterocycles. The van der Waals surface area contributed by atoms with Gasteiger partial charge in [0.25, 0.3) is 0 Å². The van der Waals surface area contributed by atoms with Gasteiger partial charge in [0, 0.05) is 10.6 Å². The van der Waals surface area contributed by atoms with Crippen LogP contribution in [0.4, 0.5) is 0 Å². The van der Waals surface area contributed by atoms with Crippen molar-refractivity contribution in [2.24, 2.45) is 0 Å². The number of carboxylic acid groups (broad SMARTS) is 1. The average molecular weight is 280 g/mol. The standard InChI is InChI=1S/C13H10ClNO2S/c14-10-5-1-2-7-12(10)18-8-9-4-3-6-11(15-9)13(16)17/h1-7H,8H2,(H,16,17). The number of aromatic nitrogens is 1. The van der Waals surface area contributed by atoms with Crippen LogP contribution in [0.15, 0.2) is 47.4 Å².